The van der Waals surface area contributed by atoms with Gasteiger partial charge < -0.3 is 19.5 Å². The Morgan fingerprint density at radius 1 is 1.18 bits per heavy atom. The van der Waals surface area contributed by atoms with Crippen molar-refractivity contribution in [3.05, 3.63) is 57.6 Å². The number of nitrogens with one attached hydrogen (secondary N) is 1. The molecular formula is C18H17ClN2O7. The number of esters is 1. The van der Waals surface area contributed by atoms with E-state index >= 15 is 0 Å². The lowest BCUT2D eigenvalue weighted by Crippen LogP contribution is -2.29. The summed E-state index contributed by atoms with van der Waals surface area (Å²) in [5.41, 5.74) is -0.393. The highest BCUT2D eigenvalue weighted by Gasteiger charge is 2.20. The minimum absolute atomic E-state index is 0.0442. The number of nitro benzene ring substituents is 1. The van der Waals surface area contributed by atoms with Crippen molar-refractivity contribution in [2.75, 3.05) is 19.0 Å². The van der Waals surface area contributed by atoms with Crippen LogP contribution in [0.25, 0.3) is 0 Å². The van der Waals surface area contributed by atoms with Gasteiger partial charge in [-0.2, -0.15) is 0 Å². The number of hydrogen-bond acceptors (Lipinski definition) is 7. The van der Waals surface area contributed by atoms with Gasteiger partial charge in [-0.25, -0.2) is 4.79 Å². The lowest BCUT2D eigenvalue weighted by atomic mass is 10.2. The van der Waals surface area contributed by atoms with Gasteiger partial charge in [-0.15, -0.1) is 0 Å². The van der Waals surface area contributed by atoms with Crippen LogP contribution < -0.4 is 14.8 Å². The fraction of sp³-hybridized carbons (Fsp3) is 0.222. The number of halogens is 1. The first-order valence-corrected chi connectivity index (χ1v) is 8.39. The van der Waals surface area contributed by atoms with Crippen LogP contribution in [-0.2, 0) is 14.3 Å². The predicted molar refractivity (Wildman–Crippen MR) is 101 cm³/mol. The summed E-state index contributed by atoms with van der Waals surface area (Å²) in [6.45, 7) is 0.833. The lowest BCUT2D eigenvalue weighted by Gasteiger charge is -2.14. The summed E-state index contributed by atoms with van der Waals surface area (Å²) in [6, 6.07) is 10.3. The topological polar surface area (TPSA) is 117 Å². The highest BCUT2D eigenvalue weighted by atomic mass is 35.5. The Morgan fingerprint density at radius 2 is 1.82 bits per heavy atom. The molecule has 1 N–H and O–H groups in total. The summed E-state index contributed by atoms with van der Waals surface area (Å²) in [5.74, 6) is -0.828. The van der Waals surface area contributed by atoms with E-state index in [-0.39, 0.29) is 17.1 Å². The van der Waals surface area contributed by atoms with Crippen molar-refractivity contribution in [3.8, 4) is 11.5 Å². The SMILES string of the molecule is COc1ccc(NC(=O)COC(=O)[C@H](C)Oc2ccc(Cl)cc2)c([N+](=O)[O-])c1. The third-order valence-corrected chi connectivity index (χ3v) is 3.73. The fourth-order valence-electron chi connectivity index (χ4n) is 2.10. The molecule has 0 bridgehead atoms. The van der Waals surface area contributed by atoms with E-state index in [2.05, 4.69) is 5.32 Å². The van der Waals surface area contributed by atoms with Crippen LogP contribution in [0.2, 0.25) is 5.02 Å². The molecule has 0 saturated heterocycles. The zero-order valence-electron chi connectivity index (χ0n) is 15.0. The van der Waals surface area contributed by atoms with E-state index in [1.165, 1.54) is 32.2 Å². The van der Waals surface area contributed by atoms with Crippen molar-refractivity contribution in [3.63, 3.8) is 0 Å². The average molecular weight is 409 g/mol. The maximum Gasteiger partial charge on any atom is 0.347 e. The normalized spacial score (nSPS) is 11.2. The number of benzene rings is 2. The first kappa shape index (κ1) is 21.0. The quantitative estimate of drug-likeness (QED) is 0.405. The Morgan fingerprint density at radius 3 is 2.43 bits per heavy atom. The smallest absolute Gasteiger partial charge is 0.347 e. The number of nitro groups is 1. The molecule has 2 aromatic rings. The van der Waals surface area contributed by atoms with Crippen LogP contribution in [0.3, 0.4) is 0 Å². The van der Waals surface area contributed by atoms with Gasteiger partial charge in [0.2, 0.25) is 0 Å². The molecule has 0 aliphatic carbocycles. The third kappa shape index (κ3) is 5.85. The van der Waals surface area contributed by atoms with Crippen LogP contribution in [0.5, 0.6) is 11.5 Å². The highest BCUT2D eigenvalue weighted by Crippen LogP contribution is 2.28. The summed E-state index contributed by atoms with van der Waals surface area (Å²) >= 11 is 5.77. The largest absolute Gasteiger partial charge is 0.496 e. The van der Waals surface area contributed by atoms with Crippen LogP contribution in [-0.4, -0.2) is 36.6 Å². The Labute approximate surface area is 165 Å². The molecule has 2 rings (SSSR count). The van der Waals surface area contributed by atoms with Crippen molar-refractivity contribution >= 4 is 34.9 Å². The van der Waals surface area contributed by atoms with Crippen molar-refractivity contribution in [2.45, 2.75) is 13.0 Å². The second kappa shape index (κ2) is 9.56. The number of rotatable bonds is 8. The van der Waals surface area contributed by atoms with Crippen LogP contribution in [0.4, 0.5) is 11.4 Å². The zero-order chi connectivity index (χ0) is 20.7. The first-order valence-electron chi connectivity index (χ1n) is 8.01. The molecule has 0 radical (unpaired) electrons. The number of ether oxygens (including phenoxy) is 3. The Bertz CT molecular complexity index is 871. The van der Waals surface area contributed by atoms with Gasteiger partial charge >= 0.3 is 5.97 Å². The van der Waals surface area contributed by atoms with Gasteiger partial charge in [0.25, 0.3) is 11.6 Å². The molecule has 10 heteroatoms. The van der Waals surface area contributed by atoms with Gasteiger partial charge in [0, 0.05) is 5.02 Å². The fourth-order valence-corrected chi connectivity index (χ4v) is 2.23. The van der Waals surface area contributed by atoms with Crippen molar-refractivity contribution in [1.29, 1.82) is 0 Å². The molecule has 148 valence electrons. The van der Waals surface area contributed by atoms with Gasteiger partial charge in [0.05, 0.1) is 18.1 Å². The molecule has 28 heavy (non-hydrogen) atoms. The minimum atomic E-state index is -0.968. The molecule has 1 amide bonds. The summed E-state index contributed by atoms with van der Waals surface area (Å²) in [4.78, 5) is 34.4. The van der Waals surface area contributed by atoms with E-state index in [1.807, 2.05) is 0 Å². The monoisotopic (exact) mass is 408 g/mol. The first-order chi connectivity index (χ1) is 13.3. The molecule has 0 heterocycles. The van der Waals surface area contributed by atoms with E-state index in [0.717, 1.165) is 0 Å². The number of amides is 1. The van der Waals surface area contributed by atoms with E-state index in [0.29, 0.717) is 10.8 Å². The predicted octanol–water partition coefficient (Wildman–Crippen LogP) is 3.21. The van der Waals surface area contributed by atoms with Gasteiger partial charge in [-0.1, -0.05) is 11.6 Å². The maximum atomic E-state index is 12.0. The highest BCUT2D eigenvalue weighted by molar-refractivity contribution is 6.30. The van der Waals surface area contributed by atoms with E-state index < -0.39 is 29.5 Å². The summed E-state index contributed by atoms with van der Waals surface area (Å²) < 4.78 is 15.2. The van der Waals surface area contributed by atoms with Gasteiger partial charge in [0.15, 0.2) is 12.7 Å². The van der Waals surface area contributed by atoms with Crippen LogP contribution in [0.15, 0.2) is 42.5 Å². The second-order valence-corrected chi connectivity index (χ2v) is 5.95. The Hall–Kier alpha value is -3.33. The number of carbonyl (C=O) groups excluding carboxylic acids is 2. The molecule has 0 aliphatic heterocycles. The number of hydrogen-bond donors (Lipinski definition) is 1. The van der Waals surface area contributed by atoms with Crippen LogP contribution in [0.1, 0.15) is 6.92 Å². The van der Waals surface area contributed by atoms with Gasteiger partial charge in [0.1, 0.15) is 17.2 Å². The number of methoxy groups -OCH3 is 1. The summed E-state index contributed by atoms with van der Waals surface area (Å²) in [7, 11) is 1.37. The van der Waals surface area contributed by atoms with E-state index in [1.54, 1.807) is 24.3 Å². The Kier molecular flexibility index (Phi) is 7.16. The second-order valence-electron chi connectivity index (χ2n) is 5.51. The standard InChI is InChI=1S/C18H17ClN2O7/c1-11(28-13-5-3-12(19)4-6-13)18(23)27-10-17(22)20-15-8-7-14(26-2)9-16(15)21(24)25/h3-9,11H,10H2,1-2H3,(H,20,22)/t11-/m0/s1. The molecule has 0 aromatic heterocycles. The molecule has 0 unspecified atom stereocenters. The molecular weight excluding hydrogens is 392 g/mol. The van der Waals surface area contributed by atoms with Crippen LogP contribution >= 0.6 is 11.6 Å². The van der Waals surface area contributed by atoms with Crippen molar-refractivity contribution in [2.24, 2.45) is 0 Å². The lowest BCUT2D eigenvalue weighted by molar-refractivity contribution is -0.384. The zero-order valence-corrected chi connectivity index (χ0v) is 15.8. The number of anilines is 1. The van der Waals surface area contributed by atoms with Gasteiger partial charge in [-0.3, -0.25) is 14.9 Å². The number of carbonyl (C=O) groups is 2. The van der Waals surface area contributed by atoms with Crippen molar-refractivity contribution < 1.29 is 28.7 Å². The maximum absolute atomic E-state index is 12.0. The molecule has 1 atom stereocenters. The summed E-state index contributed by atoms with van der Waals surface area (Å²) in [6.07, 6.45) is -0.968. The van der Waals surface area contributed by atoms with Gasteiger partial charge in [-0.05, 0) is 43.3 Å². The van der Waals surface area contributed by atoms with Crippen LogP contribution in [0, 0.1) is 10.1 Å². The Balaban J connectivity index is 1.90. The van der Waals surface area contributed by atoms with E-state index in [4.69, 9.17) is 25.8 Å². The molecule has 2 aromatic carbocycles. The van der Waals surface area contributed by atoms with E-state index in [9.17, 15) is 19.7 Å². The molecule has 9 nitrogen and oxygen atoms in total. The molecule has 0 aliphatic rings. The third-order valence-electron chi connectivity index (χ3n) is 3.48. The minimum Gasteiger partial charge on any atom is -0.496 e. The van der Waals surface area contributed by atoms with Crippen molar-refractivity contribution in [1.82, 2.24) is 0 Å². The summed E-state index contributed by atoms with van der Waals surface area (Å²) in [5, 5.41) is 14.0. The molecule has 0 saturated carbocycles. The number of nitrogens with zero attached hydrogens (tertiary/aromatic N) is 1. The molecule has 0 spiro atoms. The molecule has 0 fully saturated rings. The average Bonchev–Trinajstić information content (AvgIpc) is 2.67.